The van der Waals surface area contributed by atoms with Crippen molar-refractivity contribution in [2.75, 3.05) is 75.3 Å². The number of nitrogens with zero attached hydrogens (tertiary/aromatic N) is 6. The third-order valence-electron chi connectivity index (χ3n) is 8.28. The van der Waals surface area contributed by atoms with E-state index in [0.29, 0.717) is 18.5 Å². The van der Waals surface area contributed by atoms with Crippen molar-refractivity contribution in [2.24, 2.45) is 0 Å². The second-order valence-corrected chi connectivity index (χ2v) is 10.7. The van der Waals surface area contributed by atoms with Crippen molar-refractivity contribution in [1.82, 2.24) is 19.8 Å². The van der Waals surface area contributed by atoms with Gasteiger partial charge in [-0.15, -0.1) is 0 Å². The third kappa shape index (κ3) is 5.80. The minimum Gasteiger partial charge on any atom is -0.495 e. The Labute approximate surface area is 231 Å². The molecule has 4 heterocycles. The summed E-state index contributed by atoms with van der Waals surface area (Å²) >= 11 is 0. The number of nitrogens with one attached hydrogen (secondary N) is 1. The average Bonchev–Trinajstić information content (AvgIpc) is 3.49. The fourth-order valence-corrected chi connectivity index (χ4v) is 6.03. The molecule has 3 aliphatic rings. The van der Waals surface area contributed by atoms with Crippen LogP contribution in [0.3, 0.4) is 0 Å². The van der Waals surface area contributed by atoms with Gasteiger partial charge in [0.2, 0.25) is 0 Å². The van der Waals surface area contributed by atoms with Gasteiger partial charge in [-0.05, 0) is 37.6 Å². The molecule has 39 heavy (non-hydrogen) atoms. The van der Waals surface area contributed by atoms with Gasteiger partial charge in [0.15, 0.2) is 5.82 Å². The van der Waals surface area contributed by atoms with Gasteiger partial charge in [0, 0.05) is 69.6 Å². The zero-order valence-corrected chi connectivity index (χ0v) is 23.0. The largest absolute Gasteiger partial charge is 0.495 e. The SMILES string of the molecule is COc1cc(Nc2cc(N3OCC[C@@H]3c3ccccc3)ncn2)ccc1N1CCC(N2CCN(C)CC2)CC1. The zero-order valence-electron chi connectivity index (χ0n) is 23.0. The molecule has 0 radical (unpaired) electrons. The van der Waals surface area contributed by atoms with Crippen LogP contribution in [0.15, 0.2) is 60.9 Å². The van der Waals surface area contributed by atoms with Gasteiger partial charge in [-0.2, -0.15) is 0 Å². The summed E-state index contributed by atoms with van der Waals surface area (Å²) in [5.74, 6) is 2.33. The normalized spacial score (nSPS) is 21.3. The fraction of sp³-hybridized carbons (Fsp3) is 0.467. The molecule has 3 aromatic rings. The van der Waals surface area contributed by atoms with Crippen LogP contribution in [0.2, 0.25) is 0 Å². The average molecular weight is 530 g/mol. The van der Waals surface area contributed by atoms with Crippen molar-refractivity contribution in [3.63, 3.8) is 0 Å². The van der Waals surface area contributed by atoms with E-state index in [1.807, 2.05) is 17.2 Å². The van der Waals surface area contributed by atoms with Crippen molar-refractivity contribution in [1.29, 1.82) is 0 Å². The van der Waals surface area contributed by atoms with Crippen LogP contribution in [-0.2, 0) is 4.84 Å². The van der Waals surface area contributed by atoms with E-state index in [9.17, 15) is 0 Å². The van der Waals surface area contributed by atoms with Gasteiger partial charge < -0.3 is 19.9 Å². The van der Waals surface area contributed by atoms with Crippen LogP contribution in [0.25, 0.3) is 0 Å². The van der Waals surface area contributed by atoms with Crippen LogP contribution >= 0.6 is 0 Å². The molecule has 9 heteroatoms. The molecule has 0 saturated carbocycles. The van der Waals surface area contributed by atoms with Gasteiger partial charge >= 0.3 is 0 Å². The lowest BCUT2D eigenvalue weighted by atomic mass is 10.0. The van der Waals surface area contributed by atoms with Crippen molar-refractivity contribution in [3.8, 4) is 5.75 Å². The summed E-state index contributed by atoms with van der Waals surface area (Å²) in [7, 11) is 3.97. The minimum atomic E-state index is 0.133. The first-order valence-electron chi connectivity index (χ1n) is 14.1. The standard InChI is InChI=1S/C30H39N7O2/c1-34-15-17-35(18-16-34)25-10-13-36(14-11-25)27-9-8-24(20-28(27)38-2)33-29-21-30(32-22-31-29)37-26(12-19-39-37)23-6-4-3-5-7-23/h3-9,20-22,25-26H,10-19H2,1-2H3,(H,31,32,33)/t26-/m1/s1. The minimum absolute atomic E-state index is 0.133. The first-order chi connectivity index (χ1) is 19.2. The number of hydroxylamine groups is 1. The highest BCUT2D eigenvalue weighted by Gasteiger charge is 2.30. The first kappa shape index (κ1) is 25.9. The van der Waals surface area contributed by atoms with Gasteiger partial charge in [-0.1, -0.05) is 30.3 Å². The van der Waals surface area contributed by atoms with E-state index in [2.05, 4.69) is 79.5 Å². The molecular weight excluding hydrogens is 490 g/mol. The summed E-state index contributed by atoms with van der Waals surface area (Å²) in [6.07, 6.45) is 4.89. The Hall–Kier alpha value is -3.40. The molecule has 1 aromatic heterocycles. The van der Waals surface area contributed by atoms with Crippen LogP contribution in [0.1, 0.15) is 30.9 Å². The van der Waals surface area contributed by atoms with Gasteiger partial charge in [0.1, 0.15) is 17.9 Å². The summed E-state index contributed by atoms with van der Waals surface area (Å²) in [5, 5.41) is 5.34. The highest BCUT2D eigenvalue weighted by molar-refractivity contribution is 5.69. The van der Waals surface area contributed by atoms with Gasteiger partial charge in [0.05, 0.1) is 25.4 Å². The van der Waals surface area contributed by atoms with Crippen molar-refractivity contribution < 1.29 is 9.57 Å². The van der Waals surface area contributed by atoms with Crippen molar-refractivity contribution >= 4 is 23.0 Å². The summed E-state index contributed by atoms with van der Waals surface area (Å²) in [6.45, 7) is 7.49. The van der Waals surface area contributed by atoms with Crippen molar-refractivity contribution in [3.05, 3.63) is 66.5 Å². The number of hydrogen-bond acceptors (Lipinski definition) is 9. The van der Waals surface area contributed by atoms with Crippen LogP contribution in [-0.4, -0.2) is 85.8 Å². The third-order valence-corrected chi connectivity index (χ3v) is 8.28. The van der Waals surface area contributed by atoms with E-state index < -0.39 is 0 Å². The summed E-state index contributed by atoms with van der Waals surface area (Å²) < 4.78 is 5.84. The Bertz CT molecular complexity index is 1230. The van der Waals surface area contributed by atoms with E-state index in [-0.39, 0.29) is 6.04 Å². The highest BCUT2D eigenvalue weighted by Crippen LogP contribution is 2.36. The van der Waals surface area contributed by atoms with Crippen LogP contribution < -0.4 is 20.0 Å². The van der Waals surface area contributed by atoms with Crippen LogP contribution in [0.5, 0.6) is 5.75 Å². The topological polar surface area (TPSA) is 69.2 Å². The van der Waals surface area contributed by atoms with E-state index in [1.165, 1.54) is 44.6 Å². The molecule has 0 bridgehead atoms. The Morgan fingerprint density at radius 1 is 0.897 bits per heavy atom. The predicted molar refractivity (Wildman–Crippen MR) is 155 cm³/mol. The molecule has 0 spiro atoms. The monoisotopic (exact) mass is 529 g/mol. The van der Waals surface area contributed by atoms with Gasteiger partial charge in [0.25, 0.3) is 0 Å². The predicted octanol–water partition coefficient (Wildman–Crippen LogP) is 4.33. The lowest BCUT2D eigenvalue weighted by Crippen LogP contribution is -2.52. The Balaban J connectivity index is 1.11. The maximum atomic E-state index is 5.97. The summed E-state index contributed by atoms with van der Waals surface area (Å²) in [5.41, 5.74) is 3.30. The molecule has 0 unspecified atom stereocenters. The van der Waals surface area contributed by atoms with Gasteiger partial charge in [-0.25, -0.2) is 15.0 Å². The van der Waals surface area contributed by atoms with E-state index in [1.54, 1.807) is 13.4 Å². The van der Waals surface area contributed by atoms with E-state index in [4.69, 9.17) is 9.57 Å². The lowest BCUT2D eigenvalue weighted by Gasteiger charge is -2.42. The molecular formula is C30H39N7O2. The maximum Gasteiger partial charge on any atom is 0.158 e. The Kier molecular flexibility index (Phi) is 7.81. The highest BCUT2D eigenvalue weighted by atomic mass is 16.7. The number of rotatable bonds is 7. The molecule has 3 fully saturated rings. The number of hydrogen-bond donors (Lipinski definition) is 1. The number of anilines is 4. The second kappa shape index (κ2) is 11.8. The smallest absolute Gasteiger partial charge is 0.158 e. The molecule has 0 amide bonds. The number of aromatic nitrogens is 2. The Morgan fingerprint density at radius 3 is 2.46 bits per heavy atom. The number of piperazine rings is 1. The molecule has 206 valence electrons. The van der Waals surface area contributed by atoms with Crippen LogP contribution in [0.4, 0.5) is 23.0 Å². The quantitative estimate of drug-likeness (QED) is 0.482. The van der Waals surface area contributed by atoms with E-state index in [0.717, 1.165) is 42.5 Å². The molecule has 3 saturated heterocycles. The number of piperidine rings is 1. The zero-order chi connectivity index (χ0) is 26.6. The Morgan fingerprint density at radius 2 is 1.69 bits per heavy atom. The fourth-order valence-electron chi connectivity index (χ4n) is 6.03. The molecule has 2 aromatic carbocycles. The van der Waals surface area contributed by atoms with Gasteiger partial charge in [-0.3, -0.25) is 9.74 Å². The maximum absolute atomic E-state index is 5.97. The molecule has 9 nitrogen and oxygen atoms in total. The molecule has 6 rings (SSSR count). The molecule has 3 aliphatic heterocycles. The van der Waals surface area contributed by atoms with Crippen molar-refractivity contribution in [2.45, 2.75) is 31.3 Å². The molecule has 1 atom stereocenters. The van der Waals surface area contributed by atoms with Crippen LogP contribution in [0, 0.1) is 0 Å². The lowest BCUT2D eigenvalue weighted by molar-refractivity contribution is 0.0981. The first-order valence-corrected chi connectivity index (χ1v) is 14.1. The number of ether oxygens (including phenoxy) is 1. The summed E-state index contributed by atoms with van der Waals surface area (Å²) in [4.78, 5) is 22.5. The number of likely N-dealkylation sites (N-methyl/N-ethyl adjacent to an activating group) is 1. The molecule has 0 aliphatic carbocycles. The summed E-state index contributed by atoms with van der Waals surface area (Å²) in [6, 6.07) is 19.5. The number of benzene rings is 2. The van der Waals surface area contributed by atoms with E-state index >= 15 is 0 Å². The number of methoxy groups -OCH3 is 1. The molecule has 1 N–H and O–H groups in total. The second-order valence-electron chi connectivity index (χ2n) is 10.7.